The summed E-state index contributed by atoms with van der Waals surface area (Å²) in [6, 6.07) is 0. The summed E-state index contributed by atoms with van der Waals surface area (Å²) < 4.78 is 12.5. The number of hydrogen-bond donors (Lipinski definition) is 6. The molecule has 0 bridgehead atoms. The van der Waals surface area contributed by atoms with Gasteiger partial charge in [0.2, 0.25) is 0 Å². The Hall–Kier alpha value is -0.810. The maximum absolute atomic E-state index is 9.35. The van der Waals surface area contributed by atoms with E-state index in [4.69, 9.17) is 25.1 Å². The number of hydrogen-bond acceptors (Lipinski definition) is 7. The van der Waals surface area contributed by atoms with E-state index < -0.39 is 12.9 Å². The van der Waals surface area contributed by atoms with E-state index in [0.29, 0.717) is 0 Å². The SMILES string of the molecule is N.N.NOP(=O)(O)O.O=[N+]([O-])O. The summed E-state index contributed by atoms with van der Waals surface area (Å²) in [5, 5.41) is 13.6. The molecule has 78 valence electrons. The van der Waals surface area contributed by atoms with Crippen LogP contribution < -0.4 is 18.2 Å². The Balaban J connectivity index is -0.0000000483. The smallest absolute Gasteiger partial charge is 0.344 e. The predicted octanol–water partition coefficient (Wildman–Crippen LogP) is -1.05. The molecule has 0 aliphatic rings. The van der Waals surface area contributed by atoms with Crippen LogP contribution in [0.25, 0.3) is 0 Å². The third-order valence-electron chi connectivity index (χ3n) is 0.137. The van der Waals surface area contributed by atoms with E-state index in [0.717, 1.165) is 0 Å². The molecule has 0 aromatic rings. The van der Waals surface area contributed by atoms with Gasteiger partial charge < -0.3 is 27.3 Å². The van der Waals surface area contributed by atoms with Crippen LogP contribution in [-0.4, -0.2) is 20.1 Å². The molecule has 0 aromatic carbocycles. The van der Waals surface area contributed by atoms with Crippen molar-refractivity contribution in [2.45, 2.75) is 0 Å². The van der Waals surface area contributed by atoms with Gasteiger partial charge in [-0.05, 0) is 0 Å². The second-order valence-corrected chi connectivity index (χ2v) is 2.03. The van der Waals surface area contributed by atoms with Crippen molar-refractivity contribution >= 4 is 7.82 Å². The molecule has 0 atom stereocenters. The predicted molar refractivity (Wildman–Crippen MR) is 36.1 cm³/mol. The Morgan fingerprint density at radius 3 is 1.50 bits per heavy atom. The molecule has 12 heavy (non-hydrogen) atoms. The summed E-state index contributed by atoms with van der Waals surface area (Å²) >= 11 is 0. The normalized spacial score (nSPS) is 7.92. The van der Waals surface area contributed by atoms with E-state index in [1.54, 1.807) is 0 Å². The number of rotatable bonds is 1. The van der Waals surface area contributed by atoms with Gasteiger partial charge >= 0.3 is 7.82 Å². The van der Waals surface area contributed by atoms with Crippen LogP contribution >= 0.6 is 7.82 Å². The van der Waals surface area contributed by atoms with Gasteiger partial charge in [-0.1, -0.05) is 0 Å². The van der Waals surface area contributed by atoms with Crippen LogP contribution in [0.4, 0.5) is 0 Å². The van der Waals surface area contributed by atoms with Gasteiger partial charge in [-0.25, -0.2) is 15.1 Å². The quantitative estimate of drug-likeness (QED) is 0.174. The average molecular weight is 210 g/mol. The van der Waals surface area contributed by atoms with Crippen LogP contribution in [0.5, 0.6) is 0 Å². The van der Waals surface area contributed by atoms with Crippen molar-refractivity contribution < 1.29 is 29.3 Å². The molecule has 0 fully saturated rings. The minimum absolute atomic E-state index is 0. The van der Waals surface area contributed by atoms with Gasteiger partial charge in [0.15, 0.2) is 0 Å². The molecule has 0 aliphatic heterocycles. The second kappa shape index (κ2) is 10.2. The van der Waals surface area contributed by atoms with Crippen molar-refractivity contribution in [1.82, 2.24) is 12.3 Å². The summed E-state index contributed by atoms with van der Waals surface area (Å²) in [5.41, 5.74) is 0. The second-order valence-electron chi connectivity index (χ2n) is 0.834. The van der Waals surface area contributed by atoms with Gasteiger partial charge in [0.1, 0.15) is 0 Å². The van der Waals surface area contributed by atoms with E-state index in [1.807, 2.05) is 0 Å². The van der Waals surface area contributed by atoms with Crippen molar-refractivity contribution in [1.29, 1.82) is 0 Å². The van der Waals surface area contributed by atoms with Crippen molar-refractivity contribution in [2.24, 2.45) is 5.90 Å². The Kier molecular flexibility index (Phi) is 19.1. The van der Waals surface area contributed by atoms with Gasteiger partial charge in [-0.15, -0.1) is 10.1 Å². The van der Waals surface area contributed by atoms with E-state index in [9.17, 15) is 4.57 Å². The minimum Gasteiger partial charge on any atom is -0.344 e. The van der Waals surface area contributed by atoms with Crippen LogP contribution in [0.15, 0.2) is 0 Å². The number of nitrogens with two attached hydrogens (primary N) is 1. The summed E-state index contributed by atoms with van der Waals surface area (Å²) in [6.07, 6.45) is 0. The first kappa shape index (κ1) is 22.5. The monoisotopic (exact) mass is 210 g/mol. The standard InChI is InChI=1S/H4NO4P.HNO3.2H3N/c1-5-6(2,3)4;2-1(3)4;;/h1H2,(H2,2,3,4);(H,2,3,4);2*1H3. The highest BCUT2D eigenvalue weighted by Gasteiger charge is 2.08. The average Bonchev–Trinajstić information content (AvgIpc) is 1.63. The van der Waals surface area contributed by atoms with Crippen LogP contribution in [-0.2, 0) is 9.19 Å². The van der Waals surface area contributed by atoms with Crippen molar-refractivity contribution in [3.63, 3.8) is 0 Å². The van der Waals surface area contributed by atoms with E-state index in [2.05, 4.69) is 10.5 Å². The van der Waals surface area contributed by atoms with Crippen LogP contribution in [0.3, 0.4) is 0 Å². The highest BCUT2D eigenvalue weighted by Crippen LogP contribution is 2.32. The molecule has 0 unspecified atom stereocenters. The van der Waals surface area contributed by atoms with Crippen LogP contribution in [0.2, 0.25) is 0 Å². The van der Waals surface area contributed by atoms with Gasteiger partial charge in [0.25, 0.3) is 5.09 Å². The molecule has 12 heteroatoms. The first-order valence-corrected chi connectivity index (χ1v) is 3.10. The molecule has 0 saturated carbocycles. The highest BCUT2D eigenvalue weighted by atomic mass is 31.2. The summed E-state index contributed by atoms with van der Waals surface area (Å²) in [4.78, 5) is 23.5. The fourth-order valence-corrected chi connectivity index (χ4v) is 0. The minimum atomic E-state index is -4.37. The zero-order valence-corrected chi connectivity index (χ0v) is 6.76. The molecule has 11 N–H and O–H groups in total. The molecular formula is H11N4O7P. The molecule has 0 saturated heterocycles. The van der Waals surface area contributed by atoms with Crippen molar-refractivity contribution in [3.05, 3.63) is 10.1 Å². The first-order chi connectivity index (χ1) is 4.29. The van der Waals surface area contributed by atoms with Crippen molar-refractivity contribution in [3.8, 4) is 0 Å². The number of phosphoric acid groups is 1. The molecule has 0 radical (unpaired) electrons. The Morgan fingerprint density at radius 2 is 1.50 bits per heavy atom. The van der Waals surface area contributed by atoms with Gasteiger partial charge in [-0.2, -0.15) is 0 Å². The van der Waals surface area contributed by atoms with Crippen molar-refractivity contribution in [2.75, 3.05) is 0 Å². The first-order valence-electron chi connectivity index (χ1n) is 1.57. The molecule has 0 heterocycles. The number of nitrogens with zero attached hydrogens (tertiary/aromatic N) is 1. The van der Waals surface area contributed by atoms with Crippen LogP contribution in [0, 0.1) is 10.1 Å². The molecule has 11 nitrogen and oxygen atoms in total. The Morgan fingerprint density at radius 1 is 1.42 bits per heavy atom. The lowest BCUT2D eigenvalue weighted by atomic mass is 13.1. The summed E-state index contributed by atoms with van der Waals surface area (Å²) in [7, 11) is -4.37. The lowest BCUT2D eigenvalue weighted by molar-refractivity contribution is -0.742. The summed E-state index contributed by atoms with van der Waals surface area (Å²) in [6.45, 7) is 0. The lowest BCUT2D eigenvalue weighted by Gasteiger charge is -1.92. The maximum atomic E-state index is 9.35. The molecule has 0 rings (SSSR count). The highest BCUT2D eigenvalue weighted by molar-refractivity contribution is 7.46. The molecule has 0 amide bonds. The molecule has 0 aromatic heterocycles. The van der Waals surface area contributed by atoms with Crippen LogP contribution in [0.1, 0.15) is 0 Å². The fraction of sp³-hybridized carbons (Fsp3) is 0. The molecular weight excluding hydrogens is 199 g/mol. The van der Waals surface area contributed by atoms with Gasteiger partial charge in [0.05, 0.1) is 0 Å². The van der Waals surface area contributed by atoms with E-state index in [-0.39, 0.29) is 12.3 Å². The molecule has 0 spiro atoms. The fourth-order valence-electron chi connectivity index (χ4n) is 0. The largest absolute Gasteiger partial charge is 0.485 e. The Labute approximate surface area is 66.6 Å². The zero-order chi connectivity index (χ0) is 8.78. The van der Waals surface area contributed by atoms with E-state index in [1.165, 1.54) is 0 Å². The summed E-state index contributed by atoms with van der Waals surface area (Å²) in [5.74, 6) is 4.04. The maximum Gasteiger partial charge on any atom is 0.485 e. The zero-order valence-electron chi connectivity index (χ0n) is 5.86. The molecule has 0 aliphatic carbocycles. The third-order valence-corrected chi connectivity index (χ3v) is 0.412. The Bertz CT molecular complexity index is 134. The van der Waals surface area contributed by atoms with Gasteiger partial charge in [-0.3, -0.25) is 0 Å². The van der Waals surface area contributed by atoms with Gasteiger partial charge in [0, 0.05) is 0 Å². The van der Waals surface area contributed by atoms with E-state index >= 15 is 0 Å². The topological polar surface area (TPSA) is 226 Å². The third kappa shape index (κ3) is 129. The lowest BCUT2D eigenvalue weighted by Crippen LogP contribution is -1.93.